The minimum atomic E-state index is -5.39. The predicted octanol–water partition coefficient (Wildman–Crippen LogP) is 3.55. The predicted molar refractivity (Wildman–Crippen MR) is 222 cm³/mol. The number of nitro benzene ring substituents is 1. The van der Waals surface area contributed by atoms with Gasteiger partial charge in [-0.05, 0) is 56.9 Å². The number of morpholine rings is 1. The summed E-state index contributed by atoms with van der Waals surface area (Å²) in [4.78, 5) is 120. The molecule has 3 aromatic rings. The number of ketones is 3. The van der Waals surface area contributed by atoms with Crippen molar-refractivity contribution in [3.8, 4) is 5.75 Å². The van der Waals surface area contributed by atoms with E-state index < -0.39 is 138 Å². The first-order valence-electron chi connectivity index (χ1n) is 21.6. The van der Waals surface area contributed by atoms with Crippen LogP contribution in [0.1, 0.15) is 99.4 Å². The van der Waals surface area contributed by atoms with Crippen LogP contribution in [0.4, 0.5) is 18.9 Å². The minimum Gasteiger partial charge on any atom is -0.454 e. The lowest BCUT2D eigenvalue weighted by Crippen LogP contribution is -2.58. The number of carbonyl (C=O) groups is 8. The Hall–Kier alpha value is -6.95. The van der Waals surface area contributed by atoms with Crippen LogP contribution in [0.3, 0.4) is 0 Å². The fourth-order valence-electron chi connectivity index (χ4n) is 9.31. The maximum Gasteiger partial charge on any atom is 0.471 e. The van der Waals surface area contributed by atoms with E-state index in [2.05, 4.69) is 0 Å². The molecule has 3 heterocycles. The van der Waals surface area contributed by atoms with Crippen LogP contribution in [-0.4, -0.2) is 125 Å². The standard InChI is InChI=1S/C46H42F3N3O17/c1-5-51-18-32-66-39(41(51)57)40(67-32)43(59)69-45(21(3)53)15-14-25-28(17-45)38(65-22(4)54)34-33(35(55)26-8-6-7-9-27(26)36(34)56)29(25)19-63-31-16-30(50-44(60)46(47,48)49)37(20(2)64-31)68-42(58)23-10-12-24(13-11-23)52(61)62/h6-13,20,30-32,37,39-40H,5,14-19H2,1-4H3,(H,50,60)/t20-,30-,31+,32-,37+,39+,40+,45+/m0/s1. The van der Waals surface area contributed by atoms with Crippen LogP contribution >= 0.6 is 0 Å². The topological polar surface area (TPSA) is 260 Å². The van der Waals surface area contributed by atoms with Gasteiger partial charge in [-0.1, -0.05) is 24.3 Å². The van der Waals surface area contributed by atoms with Crippen LogP contribution in [0.5, 0.6) is 5.75 Å². The van der Waals surface area contributed by atoms with E-state index >= 15 is 0 Å². The summed E-state index contributed by atoms with van der Waals surface area (Å²) in [6.07, 6.45) is -15.2. The molecule has 2 amide bonds. The molecule has 2 aliphatic carbocycles. The molecule has 69 heavy (non-hydrogen) atoms. The molecule has 0 aromatic heterocycles. The lowest BCUT2D eigenvalue weighted by molar-refractivity contribution is -0.384. The van der Waals surface area contributed by atoms with Gasteiger partial charge >= 0.3 is 30.0 Å². The third-order valence-corrected chi connectivity index (χ3v) is 12.7. The van der Waals surface area contributed by atoms with Gasteiger partial charge in [0, 0.05) is 60.7 Å². The van der Waals surface area contributed by atoms with Crippen molar-refractivity contribution in [3.63, 3.8) is 0 Å². The van der Waals surface area contributed by atoms with Crippen molar-refractivity contribution in [2.75, 3.05) is 13.1 Å². The zero-order valence-electron chi connectivity index (χ0n) is 37.1. The van der Waals surface area contributed by atoms with Crippen molar-refractivity contribution in [1.29, 1.82) is 0 Å². The molecular formula is C46H42F3N3O17. The molecule has 364 valence electrons. The molecule has 3 saturated heterocycles. The van der Waals surface area contributed by atoms with Crippen molar-refractivity contribution >= 4 is 52.8 Å². The molecule has 3 fully saturated rings. The minimum absolute atomic E-state index is 0.000586. The Morgan fingerprint density at radius 2 is 1.61 bits per heavy atom. The number of hydrogen-bond donors (Lipinski definition) is 1. The molecule has 0 saturated carbocycles. The van der Waals surface area contributed by atoms with E-state index in [-0.39, 0.29) is 64.0 Å². The van der Waals surface area contributed by atoms with Crippen molar-refractivity contribution < 1.29 is 89.6 Å². The van der Waals surface area contributed by atoms with Crippen LogP contribution in [0.2, 0.25) is 0 Å². The molecule has 8 rings (SSSR count). The summed E-state index contributed by atoms with van der Waals surface area (Å²) in [6.45, 7) is 4.96. The van der Waals surface area contributed by atoms with Crippen molar-refractivity contribution in [2.24, 2.45) is 0 Å². The number of fused-ring (bicyclic) bond motifs is 5. The number of alkyl halides is 3. The van der Waals surface area contributed by atoms with Crippen LogP contribution in [0.15, 0.2) is 48.5 Å². The molecular weight excluding hydrogens is 924 g/mol. The fraction of sp³-hybridized carbons (Fsp3) is 0.435. The second kappa shape index (κ2) is 18.5. The molecule has 3 aliphatic heterocycles. The van der Waals surface area contributed by atoms with Crippen molar-refractivity contribution in [3.05, 3.63) is 103 Å². The Bertz CT molecular complexity index is 2710. The van der Waals surface area contributed by atoms with E-state index in [0.29, 0.717) is 6.54 Å². The summed E-state index contributed by atoms with van der Waals surface area (Å²) in [7, 11) is 0. The number of likely N-dealkylation sites (N-methyl/N-ethyl adjacent to an activating group) is 1. The molecule has 8 atom stereocenters. The Kier molecular flexibility index (Phi) is 13.0. The molecule has 23 heteroatoms. The molecule has 0 unspecified atom stereocenters. The molecule has 0 spiro atoms. The summed E-state index contributed by atoms with van der Waals surface area (Å²) in [5, 5.41) is 13.0. The number of nitrogens with zero attached hydrogens (tertiary/aromatic N) is 2. The molecule has 20 nitrogen and oxygen atoms in total. The summed E-state index contributed by atoms with van der Waals surface area (Å²) in [5.41, 5.74) is -3.07. The molecule has 5 aliphatic rings. The maximum atomic E-state index is 14.6. The van der Waals surface area contributed by atoms with Gasteiger partial charge in [-0.25, -0.2) is 9.59 Å². The highest BCUT2D eigenvalue weighted by Crippen LogP contribution is 2.47. The van der Waals surface area contributed by atoms with Gasteiger partial charge in [0.05, 0.1) is 41.3 Å². The van der Waals surface area contributed by atoms with E-state index in [1.54, 1.807) is 6.92 Å². The largest absolute Gasteiger partial charge is 0.471 e. The van der Waals surface area contributed by atoms with Gasteiger partial charge in [-0.15, -0.1) is 0 Å². The number of benzene rings is 3. The normalized spacial score (nSPS) is 26.0. The van der Waals surface area contributed by atoms with Gasteiger partial charge in [0.2, 0.25) is 0 Å². The van der Waals surface area contributed by atoms with Crippen LogP contribution < -0.4 is 10.1 Å². The third kappa shape index (κ3) is 9.09. The van der Waals surface area contributed by atoms with E-state index in [0.717, 1.165) is 38.1 Å². The number of Topliss-reactive ketones (excluding diaryl/α,β-unsaturated/α-hetero) is 1. The van der Waals surface area contributed by atoms with Crippen LogP contribution in [0, 0.1) is 10.1 Å². The second-order valence-electron chi connectivity index (χ2n) is 16.9. The van der Waals surface area contributed by atoms with Gasteiger partial charge in [0.15, 0.2) is 47.7 Å². The summed E-state index contributed by atoms with van der Waals surface area (Å²) in [6, 6.07) is 8.34. The number of hydrogen-bond acceptors (Lipinski definition) is 17. The quantitative estimate of drug-likeness (QED) is 0.0921. The number of esters is 3. The van der Waals surface area contributed by atoms with Crippen molar-refractivity contribution in [2.45, 2.75) is 115 Å². The van der Waals surface area contributed by atoms with E-state index in [1.165, 1.54) is 36.1 Å². The summed E-state index contributed by atoms with van der Waals surface area (Å²) in [5.74, 6) is -8.60. The first-order valence-corrected chi connectivity index (χ1v) is 21.6. The highest BCUT2D eigenvalue weighted by molar-refractivity contribution is 6.30. The summed E-state index contributed by atoms with van der Waals surface area (Å²) < 4.78 is 81.8. The average molecular weight is 966 g/mol. The van der Waals surface area contributed by atoms with E-state index in [4.69, 9.17) is 33.2 Å². The zero-order valence-corrected chi connectivity index (χ0v) is 37.1. The Labute approximate surface area is 388 Å². The SMILES string of the molecule is CCN1C[C@@H]2O[C@@H](C(=O)O[C@]3(C(C)=O)CCc4c(c(OC(C)=O)c5c(c4CO[C@H]4C[C@H](NC(=O)C(F)(F)F)[C@H](OC(=O)c6ccc([N+](=O)[O-])cc6)[C@H](C)O4)C(=O)c4ccccc4C5=O)C3)[C@@H](O2)C1=O. The number of nitro groups is 1. The molecule has 3 aromatic carbocycles. The molecule has 0 radical (unpaired) electrons. The van der Waals surface area contributed by atoms with Crippen LogP contribution in [-0.2, 0) is 71.8 Å². The smallest absolute Gasteiger partial charge is 0.454 e. The number of halogens is 3. The van der Waals surface area contributed by atoms with Gasteiger partial charge in [-0.2, -0.15) is 13.2 Å². The van der Waals surface area contributed by atoms with Gasteiger partial charge in [0.1, 0.15) is 11.9 Å². The van der Waals surface area contributed by atoms with Crippen molar-refractivity contribution in [1.82, 2.24) is 10.2 Å². The Morgan fingerprint density at radius 3 is 2.22 bits per heavy atom. The van der Waals surface area contributed by atoms with Gasteiger partial charge < -0.3 is 43.4 Å². The lowest BCUT2D eigenvalue weighted by atomic mass is 9.71. The number of rotatable bonds is 12. The second-order valence-corrected chi connectivity index (χ2v) is 16.9. The lowest BCUT2D eigenvalue weighted by Gasteiger charge is -2.41. The Morgan fingerprint density at radius 1 is 0.942 bits per heavy atom. The first kappa shape index (κ1) is 48.5. The third-order valence-electron chi connectivity index (χ3n) is 12.7. The Balaban J connectivity index is 1.15. The maximum absolute atomic E-state index is 14.6. The monoisotopic (exact) mass is 965 g/mol. The molecule has 1 N–H and O–H groups in total. The number of non-ortho nitro benzene ring substituents is 1. The zero-order chi connectivity index (χ0) is 49.9. The van der Waals surface area contributed by atoms with E-state index in [9.17, 15) is 61.6 Å². The number of ether oxygens (including phenoxy) is 7. The van der Waals surface area contributed by atoms with Gasteiger partial charge in [0.25, 0.3) is 11.6 Å². The van der Waals surface area contributed by atoms with Crippen LogP contribution in [0.25, 0.3) is 0 Å². The number of carbonyl (C=O) groups excluding carboxylic acids is 8. The highest BCUT2D eigenvalue weighted by Gasteiger charge is 2.55. The first-order chi connectivity index (χ1) is 32.6. The van der Waals surface area contributed by atoms with Gasteiger partial charge in [-0.3, -0.25) is 38.9 Å². The highest BCUT2D eigenvalue weighted by atomic mass is 19.4. The summed E-state index contributed by atoms with van der Waals surface area (Å²) >= 11 is 0. The average Bonchev–Trinajstić information content (AvgIpc) is 3.68. The van der Waals surface area contributed by atoms with E-state index in [1.807, 2.05) is 5.32 Å². The fourth-order valence-corrected chi connectivity index (χ4v) is 9.31. The number of amides is 2. The number of nitrogens with one attached hydrogen (secondary N) is 1. The molecule has 2 bridgehead atoms.